The number of rotatable bonds is 19. The van der Waals surface area contributed by atoms with Crippen LogP contribution < -0.4 is 5.32 Å². The molecule has 53 heavy (non-hydrogen) atoms. The van der Waals surface area contributed by atoms with Crippen LogP contribution in [0.15, 0.2) is 55.6 Å². The van der Waals surface area contributed by atoms with Gasteiger partial charge in [-0.05, 0) is 56.4 Å². The Bertz CT molecular complexity index is 1470. The number of fused-ring (bicyclic) bond motifs is 1. The van der Waals surface area contributed by atoms with Gasteiger partial charge in [0.25, 0.3) is 0 Å². The first-order valence-electron chi connectivity index (χ1n) is 19.2. The van der Waals surface area contributed by atoms with Crippen LogP contribution >= 0.6 is 0 Å². The van der Waals surface area contributed by atoms with Crippen molar-refractivity contribution in [3.63, 3.8) is 0 Å². The summed E-state index contributed by atoms with van der Waals surface area (Å²) in [5.74, 6) is -3.70. The predicted octanol–water partition coefficient (Wildman–Crippen LogP) is 5.38. The molecule has 11 nitrogen and oxygen atoms in total. The number of carbonyl (C=O) groups is 4. The highest BCUT2D eigenvalue weighted by Gasteiger charge is 2.76. The fourth-order valence-corrected chi connectivity index (χ4v) is 9.24. The van der Waals surface area contributed by atoms with Crippen molar-refractivity contribution >= 4 is 23.7 Å². The normalized spacial score (nSPS) is 26.0. The standard InChI is InChI=1S/C42H63N3O8/c1-11-14-20-32(47)43-29(25-51-10)35(28-18-16-15-17-19-28)52-39(50)33-31-21-22-42(53-31)34(33)37(48)45(30(24-46)27(4)13-3)36(42)38(49)44(23-12-2)41(8,9)26-40(5,6)7/h11-12,15-19,27,29-31,33-36,46H,1-2,13-14,20-26H2,3-10H3,(H,43,47)/t27-,29-,30-,31+,33-,34-,35-,36+,42-/m0/s1. The van der Waals surface area contributed by atoms with Gasteiger partial charge in [-0.2, -0.15) is 0 Å². The number of likely N-dealkylation sites (tertiary alicyclic amines) is 1. The highest BCUT2D eigenvalue weighted by Crippen LogP contribution is 2.60. The number of methoxy groups -OCH3 is 1. The zero-order valence-corrected chi connectivity index (χ0v) is 33.1. The lowest BCUT2D eigenvalue weighted by molar-refractivity contribution is -0.164. The van der Waals surface area contributed by atoms with Crippen molar-refractivity contribution in [1.29, 1.82) is 0 Å². The third kappa shape index (κ3) is 8.73. The SMILES string of the molecule is C=CCCC(=O)N[C@@H](COC)[C@@H](OC(=O)[C@@H]1[C@H]2C(=O)N([C@@H](CO)[C@@H](C)CC)[C@H](C(=O)N(CC=C)C(C)(C)CC(C)(C)C)[C@]23CC[C@H]1O3)c1ccccc1. The van der Waals surface area contributed by atoms with E-state index in [-0.39, 0.29) is 55.2 Å². The minimum absolute atomic E-state index is 0.0600. The third-order valence-electron chi connectivity index (χ3n) is 11.4. The smallest absolute Gasteiger partial charge is 0.313 e. The van der Waals surface area contributed by atoms with Crippen LogP contribution in [0.25, 0.3) is 0 Å². The summed E-state index contributed by atoms with van der Waals surface area (Å²) in [5, 5.41) is 13.8. The molecule has 3 aliphatic rings. The fraction of sp³-hybridized carbons (Fsp3) is 0.667. The Labute approximate surface area is 316 Å². The molecule has 11 heteroatoms. The number of aliphatic hydroxyl groups is 1. The van der Waals surface area contributed by atoms with Crippen LogP contribution in [0.4, 0.5) is 0 Å². The largest absolute Gasteiger partial charge is 0.455 e. The maximum absolute atomic E-state index is 15.2. The molecular formula is C42H63N3O8. The first kappa shape index (κ1) is 42.2. The van der Waals surface area contributed by atoms with Crippen LogP contribution in [-0.4, -0.2) is 101 Å². The summed E-state index contributed by atoms with van der Waals surface area (Å²) >= 11 is 0. The molecule has 4 rings (SSSR count). The van der Waals surface area contributed by atoms with Gasteiger partial charge in [-0.25, -0.2) is 0 Å². The molecule has 3 amide bonds. The molecule has 9 atom stereocenters. The van der Waals surface area contributed by atoms with Crippen molar-refractivity contribution in [2.45, 2.75) is 128 Å². The summed E-state index contributed by atoms with van der Waals surface area (Å²) in [6, 6.07) is 6.66. The lowest BCUT2D eigenvalue weighted by atomic mass is 9.70. The van der Waals surface area contributed by atoms with Crippen molar-refractivity contribution in [3.05, 3.63) is 61.2 Å². The van der Waals surface area contributed by atoms with Gasteiger partial charge in [-0.1, -0.05) is 83.5 Å². The number of hydrogen-bond acceptors (Lipinski definition) is 8. The molecule has 1 spiro atoms. The average molecular weight is 738 g/mol. The molecule has 2 N–H and O–H groups in total. The number of nitrogens with zero attached hydrogens (tertiary/aromatic N) is 2. The van der Waals surface area contributed by atoms with E-state index in [0.29, 0.717) is 37.7 Å². The molecule has 3 fully saturated rings. The highest BCUT2D eigenvalue weighted by atomic mass is 16.6. The van der Waals surface area contributed by atoms with E-state index in [1.54, 1.807) is 22.0 Å². The number of ether oxygens (including phenoxy) is 3. The summed E-state index contributed by atoms with van der Waals surface area (Å²) in [7, 11) is 1.51. The molecular weight excluding hydrogens is 674 g/mol. The van der Waals surface area contributed by atoms with Crippen molar-refractivity contribution in [2.24, 2.45) is 23.2 Å². The second-order valence-electron chi connectivity index (χ2n) is 16.9. The van der Waals surface area contributed by atoms with Crippen LogP contribution in [0.3, 0.4) is 0 Å². The van der Waals surface area contributed by atoms with Gasteiger partial charge in [0.15, 0.2) is 0 Å². The Hall–Kier alpha value is -3.54. The van der Waals surface area contributed by atoms with Crippen LogP contribution in [-0.2, 0) is 33.4 Å². The molecule has 3 saturated heterocycles. The number of esters is 1. The minimum Gasteiger partial charge on any atom is -0.455 e. The monoisotopic (exact) mass is 737 g/mol. The summed E-state index contributed by atoms with van der Waals surface area (Å²) in [6.45, 7) is 22.0. The van der Waals surface area contributed by atoms with Gasteiger partial charge in [0.05, 0.1) is 43.2 Å². The summed E-state index contributed by atoms with van der Waals surface area (Å²) in [5.41, 5.74) is -1.38. The van der Waals surface area contributed by atoms with E-state index in [2.05, 4.69) is 39.2 Å². The number of allylic oxidation sites excluding steroid dienone is 1. The summed E-state index contributed by atoms with van der Waals surface area (Å²) < 4.78 is 18.6. The molecule has 0 aromatic heterocycles. The Kier molecular flexibility index (Phi) is 13.8. The predicted molar refractivity (Wildman–Crippen MR) is 203 cm³/mol. The van der Waals surface area contributed by atoms with E-state index in [0.717, 1.165) is 0 Å². The highest BCUT2D eigenvalue weighted by molar-refractivity contribution is 5.98. The minimum atomic E-state index is -1.30. The van der Waals surface area contributed by atoms with Crippen LogP contribution in [0.1, 0.15) is 98.7 Å². The molecule has 0 radical (unpaired) electrons. The molecule has 2 bridgehead atoms. The van der Waals surface area contributed by atoms with Gasteiger partial charge in [0, 0.05) is 25.6 Å². The zero-order chi connectivity index (χ0) is 39.3. The van der Waals surface area contributed by atoms with E-state index in [1.807, 2.05) is 58.0 Å². The number of aliphatic hydroxyl groups excluding tert-OH is 1. The lowest BCUT2D eigenvalue weighted by Gasteiger charge is -2.47. The summed E-state index contributed by atoms with van der Waals surface area (Å²) in [4.78, 5) is 61.1. The quantitative estimate of drug-likeness (QED) is 0.143. The van der Waals surface area contributed by atoms with Crippen LogP contribution in [0, 0.1) is 23.2 Å². The number of carbonyl (C=O) groups excluding carboxylic acids is 4. The zero-order valence-electron chi connectivity index (χ0n) is 33.1. The first-order valence-corrected chi connectivity index (χ1v) is 19.2. The second-order valence-corrected chi connectivity index (χ2v) is 16.9. The van der Waals surface area contributed by atoms with E-state index < -0.39 is 59.3 Å². The number of hydrogen-bond donors (Lipinski definition) is 2. The maximum atomic E-state index is 15.2. The molecule has 0 saturated carbocycles. The Morgan fingerprint density at radius 3 is 2.40 bits per heavy atom. The fourth-order valence-electron chi connectivity index (χ4n) is 9.24. The number of amides is 3. The molecule has 3 heterocycles. The summed E-state index contributed by atoms with van der Waals surface area (Å²) in [6.07, 6.45) is 4.64. The molecule has 1 aromatic rings. The van der Waals surface area contributed by atoms with Crippen molar-refractivity contribution in [2.75, 3.05) is 26.9 Å². The van der Waals surface area contributed by atoms with Crippen LogP contribution in [0.2, 0.25) is 0 Å². The van der Waals surface area contributed by atoms with E-state index >= 15 is 4.79 Å². The second kappa shape index (κ2) is 17.3. The molecule has 294 valence electrons. The average Bonchev–Trinajstić information content (AvgIpc) is 3.75. The van der Waals surface area contributed by atoms with Gasteiger partial charge in [0.2, 0.25) is 17.7 Å². The first-order chi connectivity index (χ1) is 25.0. The molecule has 0 unspecified atom stereocenters. The van der Waals surface area contributed by atoms with E-state index in [1.165, 1.54) is 7.11 Å². The molecule has 0 aliphatic carbocycles. The molecule has 1 aromatic carbocycles. The number of benzene rings is 1. The lowest BCUT2D eigenvalue weighted by Crippen LogP contribution is -2.63. The van der Waals surface area contributed by atoms with Crippen molar-refractivity contribution in [3.8, 4) is 0 Å². The van der Waals surface area contributed by atoms with Gasteiger partial charge in [0.1, 0.15) is 17.7 Å². The Morgan fingerprint density at radius 2 is 1.83 bits per heavy atom. The number of nitrogens with one attached hydrogen (secondary N) is 1. The van der Waals surface area contributed by atoms with Crippen molar-refractivity contribution < 1.29 is 38.5 Å². The Morgan fingerprint density at radius 1 is 1.15 bits per heavy atom. The van der Waals surface area contributed by atoms with Gasteiger partial charge in [-0.3, -0.25) is 19.2 Å². The third-order valence-corrected chi connectivity index (χ3v) is 11.4. The van der Waals surface area contributed by atoms with E-state index in [4.69, 9.17) is 14.2 Å². The maximum Gasteiger partial charge on any atom is 0.313 e. The Balaban J connectivity index is 1.79. The van der Waals surface area contributed by atoms with E-state index in [9.17, 15) is 19.5 Å². The van der Waals surface area contributed by atoms with Gasteiger partial charge < -0.3 is 34.4 Å². The van der Waals surface area contributed by atoms with Crippen molar-refractivity contribution in [1.82, 2.24) is 15.1 Å². The van der Waals surface area contributed by atoms with Crippen LogP contribution in [0.5, 0.6) is 0 Å². The molecule has 3 aliphatic heterocycles. The van der Waals surface area contributed by atoms with Gasteiger partial charge >= 0.3 is 5.97 Å². The van der Waals surface area contributed by atoms with Gasteiger partial charge in [-0.15, -0.1) is 13.2 Å². The topological polar surface area (TPSA) is 135 Å².